The molecule has 0 fully saturated rings. The molecule has 0 aliphatic heterocycles. The first-order valence-electron chi connectivity index (χ1n) is 4.85. The summed E-state index contributed by atoms with van der Waals surface area (Å²) in [6.07, 6.45) is 6.56. The van der Waals surface area contributed by atoms with E-state index in [1.54, 1.807) is 0 Å². The molecule has 0 bridgehead atoms. The van der Waals surface area contributed by atoms with Crippen molar-refractivity contribution in [2.45, 2.75) is 46.5 Å². The lowest BCUT2D eigenvalue weighted by Crippen LogP contribution is -1.89. The number of hydrogen-bond donors (Lipinski definition) is 0. The van der Waals surface area contributed by atoms with Crippen LogP contribution in [0.2, 0.25) is 0 Å². The van der Waals surface area contributed by atoms with Crippen molar-refractivity contribution in [1.29, 1.82) is 0 Å². The molecule has 1 aromatic heterocycles. The molecule has 0 saturated carbocycles. The molecule has 0 aromatic carbocycles. The van der Waals surface area contributed by atoms with Crippen LogP contribution in [0.4, 0.5) is 0 Å². The predicted octanol–water partition coefficient (Wildman–Crippen LogP) is 3.49. The van der Waals surface area contributed by atoms with Gasteiger partial charge in [-0.05, 0) is 30.9 Å². The molecular weight excluding hydrogens is 148 g/mol. The third kappa shape index (κ3) is 1.90. The summed E-state index contributed by atoms with van der Waals surface area (Å²) in [5.74, 6) is 1.21. The third-order valence-corrected chi connectivity index (χ3v) is 2.30. The van der Waals surface area contributed by atoms with Gasteiger partial charge in [-0.3, -0.25) is 0 Å². The lowest BCUT2D eigenvalue weighted by Gasteiger charge is -1.98. The van der Waals surface area contributed by atoms with E-state index in [4.69, 9.17) is 4.42 Å². The first-order chi connectivity index (χ1) is 5.79. The van der Waals surface area contributed by atoms with E-state index in [1.807, 2.05) is 6.26 Å². The Morgan fingerprint density at radius 3 is 2.67 bits per heavy atom. The number of rotatable bonds is 4. The normalized spacial score (nSPS) is 10.6. The molecule has 0 N–H and O–H groups in total. The van der Waals surface area contributed by atoms with Gasteiger partial charge in [0, 0.05) is 6.42 Å². The minimum atomic E-state index is 1.10. The quantitative estimate of drug-likeness (QED) is 0.667. The second-order valence-corrected chi connectivity index (χ2v) is 3.28. The second kappa shape index (κ2) is 4.34. The average Bonchev–Trinajstić information content (AvgIpc) is 2.43. The molecule has 1 heteroatoms. The molecule has 12 heavy (non-hydrogen) atoms. The van der Waals surface area contributed by atoms with Gasteiger partial charge in [0.25, 0.3) is 0 Å². The molecule has 1 heterocycles. The average molecular weight is 166 g/mol. The Balaban J connectivity index is 2.70. The highest BCUT2D eigenvalue weighted by molar-refractivity contribution is 5.26. The van der Waals surface area contributed by atoms with E-state index in [0.29, 0.717) is 0 Å². The number of hydrogen-bond acceptors (Lipinski definition) is 1. The standard InChI is InChI=1S/C11H18O/c1-4-6-7-11-10(5-2)9(3)8-12-11/h8H,4-7H2,1-3H3. The van der Waals surface area contributed by atoms with Crippen LogP contribution < -0.4 is 0 Å². The van der Waals surface area contributed by atoms with Crippen molar-refractivity contribution in [3.8, 4) is 0 Å². The smallest absolute Gasteiger partial charge is 0.107 e. The summed E-state index contributed by atoms with van der Waals surface area (Å²) in [7, 11) is 0. The zero-order valence-electron chi connectivity index (χ0n) is 8.31. The van der Waals surface area contributed by atoms with Crippen molar-refractivity contribution in [3.63, 3.8) is 0 Å². The Morgan fingerprint density at radius 1 is 1.33 bits per heavy atom. The Hall–Kier alpha value is -0.720. The van der Waals surface area contributed by atoms with E-state index in [0.717, 1.165) is 12.8 Å². The summed E-state index contributed by atoms with van der Waals surface area (Å²) in [5.41, 5.74) is 2.73. The molecule has 0 unspecified atom stereocenters. The second-order valence-electron chi connectivity index (χ2n) is 3.28. The maximum Gasteiger partial charge on any atom is 0.107 e. The molecule has 0 saturated heterocycles. The Labute approximate surface area is 74.8 Å². The van der Waals surface area contributed by atoms with Gasteiger partial charge in [-0.2, -0.15) is 0 Å². The van der Waals surface area contributed by atoms with E-state index in [1.165, 1.54) is 29.7 Å². The van der Waals surface area contributed by atoms with E-state index >= 15 is 0 Å². The van der Waals surface area contributed by atoms with Gasteiger partial charge in [0.15, 0.2) is 0 Å². The summed E-state index contributed by atoms with van der Waals surface area (Å²) in [4.78, 5) is 0. The van der Waals surface area contributed by atoms with Crippen molar-refractivity contribution >= 4 is 0 Å². The first-order valence-corrected chi connectivity index (χ1v) is 4.85. The van der Waals surface area contributed by atoms with Gasteiger partial charge in [0.1, 0.15) is 5.76 Å². The van der Waals surface area contributed by atoms with Crippen LogP contribution in [0.25, 0.3) is 0 Å². The fraction of sp³-hybridized carbons (Fsp3) is 0.636. The van der Waals surface area contributed by atoms with E-state index < -0.39 is 0 Å². The molecule has 0 amide bonds. The van der Waals surface area contributed by atoms with Gasteiger partial charge < -0.3 is 4.42 Å². The van der Waals surface area contributed by atoms with Gasteiger partial charge in [-0.15, -0.1) is 0 Å². The molecular formula is C11H18O. The van der Waals surface area contributed by atoms with Gasteiger partial charge in [0.2, 0.25) is 0 Å². The summed E-state index contributed by atoms with van der Waals surface area (Å²) < 4.78 is 5.49. The zero-order chi connectivity index (χ0) is 8.97. The fourth-order valence-electron chi connectivity index (χ4n) is 1.54. The highest BCUT2D eigenvalue weighted by atomic mass is 16.3. The minimum Gasteiger partial charge on any atom is -0.469 e. The molecule has 0 aliphatic rings. The lowest BCUT2D eigenvalue weighted by atomic mass is 10.1. The summed E-state index contributed by atoms with van der Waals surface area (Å²) in [6, 6.07) is 0. The summed E-state index contributed by atoms with van der Waals surface area (Å²) >= 11 is 0. The van der Waals surface area contributed by atoms with Crippen molar-refractivity contribution in [3.05, 3.63) is 23.2 Å². The van der Waals surface area contributed by atoms with Crippen LogP contribution in [-0.2, 0) is 12.8 Å². The number of unbranched alkanes of at least 4 members (excludes halogenated alkanes) is 1. The Bertz CT molecular complexity index is 235. The van der Waals surface area contributed by atoms with Crippen molar-refractivity contribution in [2.24, 2.45) is 0 Å². The highest BCUT2D eigenvalue weighted by Crippen LogP contribution is 2.18. The van der Waals surface area contributed by atoms with Crippen LogP contribution in [0.5, 0.6) is 0 Å². The maximum atomic E-state index is 5.49. The SMILES string of the molecule is CCCCc1occ(C)c1CC. The largest absolute Gasteiger partial charge is 0.469 e. The Kier molecular flexibility index (Phi) is 3.39. The van der Waals surface area contributed by atoms with Crippen molar-refractivity contribution in [1.82, 2.24) is 0 Å². The van der Waals surface area contributed by atoms with E-state index in [2.05, 4.69) is 20.8 Å². The van der Waals surface area contributed by atoms with Crippen LogP contribution >= 0.6 is 0 Å². The van der Waals surface area contributed by atoms with E-state index in [-0.39, 0.29) is 0 Å². The Morgan fingerprint density at radius 2 is 2.08 bits per heavy atom. The van der Waals surface area contributed by atoms with Gasteiger partial charge in [-0.25, -0.2) is 0 Å². The third-order valence-electron chi connectivity index (χ3n) is 2.30. The van der Waals surface area contributed by atoms with Crippen LogP contribution in [0, 0.1) is 6.92 Å². The highest BCUT2D eigenvalue weighted by Gasteiger charge is 2.07. The molecule has 1 aromatic rings. The molecule has 0 aliphatic carbocycles. The fourth-order valence-corrected chi connectivity index (χ4v) is 1.54. The molecule has 0 radical (unpaired) electrons. The number of aryl methyl sites for hydroxylation is 2. The topological polar surface area (TPSA) is 13.1 Å². The van der Waals surface area contributed by atoms with Crippen LogP contribution in [0.3, 0.4) is 0 Å². The molecule has 1 rings (SSSR count). The zero-order valence-corrected chi connectivity index (χ0v) is 8.31. The molecule has 1 nitrogen and oxygen atoms in total. The van der Waals surface area contributed by atoms with Gasteiger partial charge in [-0.1, -0.05) is 20.3 Å². The molecule has 0 atom stereocenters. The van der Waals surface area contributed by atoms with Crippen molar-refractivity contribution < 1.29 is 4.42 Å². The lowest BCUT2D eigenvalue weighted by molar-refractivity contribution is 0.495. The summed E-state index contributed by atoms with van der Waals surface area (Å²) in [6.45, 7) is 6.52. The van der Waals surface area contributed by atoms with Gasteiger partial charge in [0.05, 0.1) is 6.26 Å². The van der Waals surface area contributed by atoms with Crippen molar-refractivity contribution in [2.75, 3.05) is 0 Å². The van der Waals surface area contributed by atoms with Crippen LogP contribution in [0.1, 0.15) is 43.6 Å². The monoisotopic (exact) mass is 166 g/mol. The van der Waals surface area contributed by atoms with E-state index in [9.17, 15) is 0 Å². The van der Waals surface area contributed by atoms with Crippen LogP contribution in [0.15, 0.2) is 10.7 Å². The maximum absolute atomic E-state index is 5.49. The minimum absolute atomic E-state index is 1.10. The molecule has 68 valence electrons. The number of furan rings is 1. The van der Waals surface area contributed by atoms with Crippen LogP contribution in [-0.4, -0.2) is 0 Å². The predicted molar refractivity (Wildman–Crippen MR) is 51.4 cm³/mol. The summed E-state index contributed by atoms with van der Waals surface area (Å²) in [5, 5.41) is 0. The first kappa shape index (κ1) is 9.37. The molecule has 0 spiro atoms. The van der Waals surface area contributed by atoms with Gasteiger partial charge >= 0.3 is 0 Å².